The smallest absolute Gasteiger partial charge is 0.305 e. The number of amidine groups is 1. The summed E-state index contributed by atoms with van der Waals surface area (Å²) in [7, 11) is 0. The van der Waals surface area contributed by atoms with E-state index in [2.05, 4.69) is 10.6 Å². The molecule has 0 saturated heterocycles. The Morgan fingerprint density at radius 1 is 0.964 bits per heavy atom. The number of carboxylic acid groups (broad SMARTS) is 2. The topological polar surface area (TPSA) is 183 Å². The van der Waals surface area contributed by atoms with E-state index in [0.717, 1.165) is 0 Å². The zero-order valence-corrected chi connectivity index (χ0v) is 15.2. The molecule has 1 atom stereocenters. The van der Waals surface area contributed by atoms with Crippen molar-refractivity contribution in [2.24, 2.45) is 5.73 Å². The van der Waals surface area contributed by atoms with Crippen molar-refractivity contribution in [1.82, 2.24) is 5.32 Å². The average molecular weight is 392 g/mol. The minimum Gasteiger partial charge on any atom is -0.481 e. The Kier molecular flexibility index (Phi) is 9.14. The highest BCUT2D eigenvalue weighted by molar-refractivity contribution is 5.96. The van der Waals surface area contributed by atoms with Crippen LogP contribution in [0.15, 0.2) is 24.3 Å². The predicted octanol–water partition coefficient (Wildman–Crippen LogP) is 0.904. The molecule has 0 radical (unpaired) electrons. The van der Waals surface area contributed by atoms with Crippen molar-refractivity contribution in [2.75, 3.05) is 5.32 Å². The Balaban J connectivity index is 2.44. The van der Waals surface area contributed by atoms with Crippen molar-refractivity contribution in [3.05, 3.63) is 29.8 Å². The van der Waals surface area contributed by atoms with Gasteiger partial charge in [-0.2, -0.15) is 0 Å². The molecule has 10 nitrogen and oxygen atoms in total. The van der Waals surface area contributed by atoms with Gasteiger partial charge in [-0.05, 0) is 37.1 Å². The van der Waals surface area contributed by atoms with Crippen LogP contribution in [0.1, 0.15) is 44.1 Å². The maximum absolute atomic E-state index is 12.0. The normalized spacial score (nSPS) is 11.3. The second kappa shape index (κ2) is 11.3. The van der Waals surface area contributed by atoms with Crippen molar-refractivity contribution >= 4 is 35.3 Å². The zero-order valence-electron chi connectivity index (χ0n) is 15.2. The van der Waals surface area contributed by atoms with Crippen molar-refractivity contribution in [3.63, 3.8) is 0 Å². The first-order chi connectivity index (χ1) is 13.2. The monoisotopic (exact) mass is 392 g/mol. The minimum absolute atomic E-state index is 0.0891. The molecule has 1 aromatic carbocycles. The van der Waals surface area contributed by atoms with Crippen LogP contribution in [0, 0.1) is 5.41 Å². The lowest BCUT2D eigenvalue weighted by atomic mass is 10.1. The summed E-state index contributed by atoms with van der Waals surface area (Å²) in [5.41, 5.74) is 6.36. The molecule has 0 spiro atoms. The number of carboxylic acids is 2. The van der Waals surface area contributed by atoms with Crippen LogP contribution < -0.4 is 16.4 Å². The summed E-state index contributed by atoms with van der Waals surface area (Å²) in [6, 6.07) is 5.64. The molecule has 1 aromatic rings. The van der Waals surface area contributed by atoms with Crippen LogP contribution in [0.5, 0.6) is 0 Å². The third-order valence-corrected chi connectivity index (χ3v) is 3.79. The number of carbonyl (C=O) groups is 4. The number of hydrogen-bond acceptors (Lipinski definition) is 5. The summed E-state index contributed by atoms with van der Waals surface area (Å²) in [6.07, 6.45) is -0.207. The number of benzene rings is 1. The molecular weight excluding hydrogens is 368 g/mol. The molecule has 2 amide bonds. The average Bonchev–Trinajstić information content (AvgIpc) is 2.59. The van der Waals surface area contributed by atoms with Crippen LogP contribution >= 0.6 is 0 Å². The third-order valence-electron chi connectivity index (χ3n) is 3.79. The number of amides is 2. The van der Waals surface area contributed by atoms with Gasteiger partial charge in [0.05, 0.1) is 6.42 Å². The Morgan fingerprint density at radius 3 is 2.11 bits per heavy atom. The summed E-state index contributed by atoms with van der Waals surface area (Å²) in [4.78, 5) is 45.3. The van der Waals surface area contributed by atoms with E-state index in [4.69, 9.17) is 21.4 Å². The Labute approximate surface area is 161 Å². The second-order valence-electron chi connectivity index (χ2n) is 6.19. The van der Waals surface area contributed by atoms with E-state index >= 15 is 0 Å². The van der Waals surface area contributed by atoms with E-state index in [1.807, 2.05) is 0 Å². The van der Waals surface area contributed by atoms with E-state index in [0.29, 0.717) is 11.3 Å². The molecule has 0 aliphatic heterocycles. The quantitative estimate of drug-likeness (QED) is 0.225. The fraction of sp³-hybridized carbons (Fsp3) is 0.389. The maximum atomic E-state index is 12.0. The van der Waals surface area contributed by atoms with Gasteiger partial charge in [-0.3, -0.25) is 24.6 Å². The summed E-state index contributed by atoms with van der Waals surface area (Å²) >= 11 is 0. The molecule has 28 heavy (non-hydrogen) atoms. The van der Waals surface area contributed by atoms with Gasteiger partial charge in [-0.15, -0.1) is 0 Å². The fourth-order valence-electron chi connectivity index (χ4n) is 2.42. The molecule has 1 unspecified atom stereocenters. The van der Waals surface area contributed by atoms with Gasteiger partial charge in [-0.1, -0.05) is 0 Å². The van der Waals surface area contributed by atoms with Crippen LogP contribution in [0.2, 0.25) is 0 Å². The lowest BCUT2D eigenvalue weighted by molar-refractivity contribution is -0.138. The highest BCUT2D eigenvalue weighted by Crippen LogP contribution is 2.10. The first-order valence-electron chi connectivity index (χ1n) is 8.64. The maximum Gasteiger partial charge on any atom is 0.305 e. The van der Waals surface area contributed by atoms with Crippen molar-refractivity contribution in [2.45, 2.75) is 44.6 Å². The third kappa shape index (κ3) is 9.32. The van der Waals surface area contributed by atoms with Gasteiger partial charge >= 0.3 is 11.9 Å². The van der Waals surface area contributed by atoms with E-state index in [1.54, 1.807) is 24.3 Å². The summed E-state index contributed by atoms with van der Waals surface area (Å²) in [6.45, 7) is 0. The van der Waals surface area contributed by atoms with Crippen LogP contribution in [0.4, 0.5) is 5.69 Å². The molecule has 10 heteroatoms. The molecule has 1 rings (SSSR count). The van der Waals surface area contributed by atoms with Gasteiger partial charge in [0.15, 0.2) is 0 Å². The summed E-state index contributed by atoms with van der Waals surface area (Å²) in [5.74, 6) is -3.07. The lowest BCUT2D eigenvalue weighted by Crippen LogP contribution is -2.37. The number of nitrogen functional groups attached to an aromatic ring is 1. The standard InChI is InChI=1S/C18H24N4O6/c19-18(20)11-4-6-12(7-5-11)21-14(23)8-9-15(24)22-13(10-17(27)28)2-1-3-16(25)26/h4-7,13H,1-3,8-10H2,(H3,19,20)(H,21,23)(H,22,24)(H,25,26)(H,27,28). The van der Waals surface area contributed by atoms with Crippen molar-refractivity contribution in [1.29, 1.82) is 5.41 Å². The fourth-order valence-corrected chi connectivity index (χ4v) is 2.42. The van der Waals surface area contributed by atoms with E-state index < -0.39 is 29.8 Å². The van der Waals surface area contributed by atoms with Gasteiger partial charge in [0.1, 0.15) is 5.84 Å². The highest BCUT2D eigenvalue weighted by atomic mass is 16.4. The van der Waals surface area contributed by atoms with Crippen LogP contribution in [-0.2, 0) is 19.2 Å². The highest BCUT2D eigenvalue weighted by Gasteiger charge is 2.17. The first kappa shape index (κ1) is 22.6. The molecule has 0 heterocycles. The molecule has 0 aliphatic rings. The van der Waals surface area contributed by atoms with Crippen molar-refractivity contribution in [3.8, 4) is 0 Å². The summed E-state index contributed by atoms with van der Waals surface area (Å²) in [5, 5.41) is 30.0. The molecule has 0 aromatic heterocycles. The molecule has 0 saturated carbocycles. The van der Waals surface area contributed by atoms with Gasteiger partial charge < -0.3 is 26.6 Å². The molecule has 7 N–H and O–H groups in total. The Bertz CT molecular complexity index is 732. The van der Waals surface area contributed by atoms with Gasteiger partial charge in [0.25, 0.3) is 0 Å². The van der Waals surface area contributed by atoms with Crippen LogP contribution in [0.25, 0.3) is 0 Å². The lowest BCUT2D eigenvalue weighted by Gasteiger charge is -2.16. The number of hydrogen-bond donors (Lipinski definition) is 6. The number of nitrogens with two attached hydrogens (primary N) is 1. The van der Waals surface area contributed by atoms with E-state index in [-0.39, 0.29) is 44.4 Å². The molecule has 0 fully saturated rings. The van der Waals surface area contributed by atoms with Crippen molar-refractivity contribution < 1.29 is 29.4 Å². The largest absolute Gasteiger partial charge is 0.481 e. The Hall–Kier alpha value is -3.43. The number of anilines is 1. The van der Waals surface area contributed by atoms with Gasteiger partial charge in [0, 0.05) is 36.6 Å². The number of carbonyl (C=O) groups excluding carboxylic acids is 2. The molecule has 0 aliphatic carbocycles. The van der Waals surface area contributed by atoms with Crippen LogP contribution in [0.3, 0.4) is 0 Å². The van der Waals surface area contributed by atoms with E-state index in [9.17, 15) is 19.2 Å². The second-order valence-corrected chi connectivity index (χ2v) is 6.19. The predicted molar refractivity (Wildman–Crippen MR) is 101 cm³/mol. The molecule has 152 valence electrons. The minimum atomic E-state index is -1.10. The zero-order chi connectivity index (χ0) is 21.1. The number of nitrogens with one attached hydrogen (secondary N) is 3. The van der Waals surface area contributed by atoms with Crippen LogP contribution in [-0.4, -0.2) is 45.8 Å². The molecular formula is C18H24N4O6. The SMILES string of the molecule is N=C(N)c1ccc(NC(=O)CCC(=O)NC(CCCC(=O)O)CC(=O)O)cc1. The van der Waals surface area contributed by atoms with Gasteiger partial charge in [-0.25, -0.2) is 0 Å². The summed E-state index contributed by atoms with van der Waals surface area (Å²) < 4.78 is 0. The Morgan fingerprint density at radius 2 is 1.57 bits per heavy atom. The van der Waals surface area contributed by atoms with E-state index in [1.165, 1.54) is 0 Å². The first-order valence-corrected chi connectivity index (χ1v) is 8.64. The number of aliphatic carboxylic acids is 2. The van der Waals surface area contributed by atoms with Gasteiger partial charge in [0.2, 0.25) is 11.8 Å². The molecule has 0 bridgehead atoms. The number of rotatable bonds is 12.